The molecule has 0 saturated carbocycles. The molecule has 2 rings (SSSR count). The second-order valence-corrected chi connectivity index (χ2v) is 4.90. The van der Waals surface area contributed by atoms with Crippen LogP contribution in [0.3, 0.4) is 0 Å². The predicted octanol–water partition coefficient (Wildman–Crippen LogP) is 2.18. The fourth-order valence-electron chi connectivity index (χ4n) is 2.29. The molecule has 1 aromatic carbocycles. The van der Waals surface area contributed by atoms with Gasteiger partial charge in [0.2, 0.25) is 0 Å². The molecule has 5 heteroatoms. The number of benzene rings is 1. The van der Waals surface area contributed by atoms with Crippen molar-refractivity contribution in [2.75, 3.05) is 6.61 Å². The van der Waals surface area contributed by atoms with Gasteiger partial charge >= 0.3 is 5.97 Å². The van der Waals surface area contributed by atoms with Crippen LogP contribution in [-0.2, 0) is 11.3 Å². The number of carboxylic acid groups (broad SMARTS) is 1. The van der Waals surface area contributed by atoms with Crippen LogP contribution in [0.15, 0.2) is 18.2 Å². The van der Waals surface area contributed by atoms with E-state index in [0.29, 0.717) is 12.6 Å². The Morgan fingerprint density at radius 3 is 3.00 bits per heavy atom. The molecular formula is C14H18FNO3. The Kier molecular flexibility index (Phi) is 4.50. The third kappa shape index (κ3) is 3.75. The fraction of sp³-hybridized carbons (Fsp3) is 0.500. The van der Waals surface area contributed by atoms with Crippen molar-refractivity contribution in [3.05, 3.63) is 35.1 Å². The third-order valence-corrected chi connectivity index (χ3v) is 3.34. The first kappa shape index (κ1) is 14.0. The molecule has 104 valence electrons. The lowest BCUT2D eigenvalue weighted by Crippen LogP contribution is -2.37. The van der Waals surface area contributed by atoms with Gasteiger partial charge in [-0.3, -0.25) is 0 Å². The first-order valence-corrected chi connectivity index (χ1v) is 6.43. The number of halogens is 1. The Labute approximate surface area is 111 Å². The minimum atomic E-state index is -1.24. The van der Waals surface area contributed by atoms with Crippen molar-refractivity contribution < 1.29 is 19.0 Å². The van der Waals surface area contributed by atoms with Crippen molar-refractivity contribution in [3.8, 4) is 0 Å². The molecule has 2 unspecified atom stereocenters. The Morgan fingerprint density at radius 1 is 1.58 bits per heavy atom. The Balaban J connectivity index is 1.92. The van der Waals surface area contributed by atoms with Gasteiger partial charge in [-0.2, -0.15) is 0 Å². The summed E-state index contributed by atoms with van der Waals surface area (Å²) >= 11 is 0. The molecule has 1 aliphatic heterocycles. The number of hydrogen-bond donors (Lipinski definition) is 2. The number of hydrogen-bond acceptors (Lipinski definition) is 3. The van der Waals surface area contributed by atoms with E-state index in [1.54, 1.807) is 6.07 Å². The van der Waals surface area contributed by atoms with Crippen LogP contribution in [0.2, 0.25) is 0 Å². The maximum atomic E-state index is 13.5. The summed E-state index contributed by atoms with van der Waals surface area (Å²) in [5.41, 5.74) is 0.463. The Bertz CT molecular complexity index is 464. The van der Waals surface area contributed by atoms with E-state index in [1.807, 2.05) is 6.92 Å². The lowest BCUT2D eigenvalue weighted by molar-refractivity contribution is 0.0130. The average Bonchev–Trinajstić information content (AvgIpc) is 2.36. The lowest BCUT2D eigenvalue weighted by atomic mass is 10.0. The summed E-state index contributed by atoms with van der Waals surface area (Å²) in [7, 11) is 0. The van der Waals surface area contributed by atoms with Crippen molar-refractivity contribution in [3.63, 3.8) is 0 Å². The average molecular weight is 267 g/mol. The highest BCUT2D eigenvalue weighted by Crippen LogP contribution is 2.15. The normalized spacial score (nSPS) is 23.3. The van der Waals surface area contributed by atoms with E-state index in [9.17, 15) is 9.18 Å². The summed E-state index contributed by atoms with van der Waals surface area (Å²) < 4.78 is 19.0. The molecule has 4 nitrogen and oxygen atoms in total. The molecule has 19 heavy (non-hydrogen) atoms. The van der Waals surface area contributed by atoms with Crippen molar-refractivity contribution in [2.24, 2.45) is 0 Å². The monoisotopic (exact) mass is 267 g/mol. The zero-order chi connectivity index (χ0) is 13.8. The Hall–Kier alpha value is -1.46. The van der Waals surface area contributed by atoms with Gasteiger partial charge in [0.05, 0.1) is 11.7 Å². The van der Waals surface area contributed by atoms with E-state index in [1.165, 1.54) is 12.1 Å². The fourth-order valence-corrected chi connectivity index (χ4v) is 2.29. The molecule has 1 aliphatic rings. The second kappa shape index (κ2) is 6.12. The van der Waals surface area contributed by atoms with Gasteiger partial charge in [-0.25, -0.2) is 9.18 Å². The van der Waals surface area contributed by atoms with Crippen molar-refractivity contribution in [2.45, 2.75) is 38.5 Å². The molecule has 1 fully saturated rings. The molecule has 2 atom stereocenters. The zero-order valence-electron chi connectivity index (χ0n) is 10.9. The first-order valence-electron chi connectivity index (χ1n) is 6.43. The van der Waals surface area contributed by atoms with Crippen LogP contribution in [-0.4, -0.2) is 29.8 Å². The van der Waals surface area contributed by atoms with E-state index in [0.717, 1.165) is 25.0 Å². The van der Waals surface area contributed by atoms with Gasteiger partial charge in [-0.05, 0) is 37.5 Å². The highest BCUT2D eigenvalue weighted by Gasteiger charge is 2.18. The minimum Gasteiger partial charge on any atom is -0.478 e. The first-order chi connectivity index (χ1) is 9.06. The maximum Gasteiger partial charge on any atom is 0.338 e. The summed E-state index contributed by atoms with van der Waals surface area (Å²) in [6.45, 7) is 3.31. The van der Waals surface area contributed by atoms with Crippen molar-refractivity contribution in [1.82, 2.24) is 5.32 Å². The molecule has 1 heterocycles. The summed E-state index contributed by atoms with van der Waals surface area (Å²) in [6, 6.07) is 4.59. The van der Waals surface area contributed by atoms with E-state index in [-0.39, 0.29) is 11.7 Å². The molecule has 0 spiro atoms. The Morgan fingerprint density at radius 2 is 2.37 bits per heavy atom. The van der Waals surface area contributed by atoms with Gasteiger partial charge in [-0.15, -0.1) is 0 Å². The molecule has 0 amide bonds. The number of carboxylic acids is 1. The van der Waals surface area contributed by atoms with Gasteiger partial charge < -0.3 is 15.2 Å². The number of nitrogens with one attached hydrogen (secondary N) is 1. The van der Waals surface area contributed by atoms with Gasteiger partial charge in [-0.1, -0.05) is 6.07 Å². The van der Waals surface area contributed by atoms with Crippen LogP contribution in [0.1, 0.15) is 35.7 Å². The number of rotatable bonds is 4. The molecule has 2 N–H and O–H groups in total. The highest BCUT2D eigenvalue weighted by atomic mass is 19.1. The summed E-state index contributed by atoms with van der Waals surface area (Å²) in [4.78, 5) is 10.7. The van der Waals surface area contributed by atoms with Crippen LogP contribution in [0.5, 0.6) is 0 Å². The zero-order valence-corrected chi connectivity index (χ0v) is 10.9. The van der Waals surface area contributed by atoms with Gasteiger partial charge in [0.15, 0.2) is 0 Å². The summed E-state index contributed by atoms with van der Waals surface area (Å²) in [6.07, 6.45) is 2.13. The molecule has 0 aliphatic carbocycles. The van der Waals surface area contributed by atoms with Crippen LogP contribution >= 0.6 is 0 Å². The highest BCUT2D eigenvalue weighted by molar-refractivity contribution is 5.87. The molecule has 0 aromatic heterocycles. The predicted molar refractivity (Wildman–Crippen MR) is 68.6 cm³/mol. The van der Waals surface area contributed by atoms with E-state index in [4.69, 9.17) is 9.84 Å². The third-order valence-electron chi connectivity index (χ3n) is 3.34. The molecule has 1 aromatic rings. The number of ether oxygens (including phenoxy) is 1. The van der Waals surface area contributed by atoms with E-state index < -0.39 is 11.8 Å². The van der Waals surface area contributed by atoms with E-state index >= 15 is 0 Å². The van der Waals surface area contributed by atoms with Gasteiger partial charge in [0.25, 0.3) is 0 Å². The summed E-state index contributed by atoms with van der Waals surface area (Å²) in [5.74, 6) is -1.93. The summed E-state index contributed by atoms with van der Waals surface area (Å²) in [5, 5.41) is 12.1. The minimum absolute atomic E-state index is 0.248. The topological polar surface area (TPSA) is 58.6 Å². The second-order valence-electron chi connectivity index (χ2n) is 4.90. The van der Waals surface area contributed by atoms with Crippen LogP contribution in [0.4, 0.5) is 4.39 Å². The van der Waals surface area contributed by atoms with Crippen LogP contribution in [0, 0.1) is 5.82 Å². The van der Waals surface area contributed by atoms with Gasteiger partial charge in [0, 0.05) is 19.2 Å². The van der Waals surface area contributed by atoms with Crippen LogP contribution in [0.25, 0.3) is 0 Å². The smallest absolute Gasteiger partial charge is 0.338 e. The van der Waals surface area contributed by atoms with Gasteiger partial charge in [0.1, 0.15) is 5.82 Å². The number of carbonyl (C=O) groups is 1. The molecule has 0 radical (unpaired) electrons. The molecular weight excluding hydrogens is 249 g/mol. The van der Waals surface area contributed by atoms with Crippen molar-refractivity contribution in [1.29, 1.82) is 0 Å². The molecule has 0 bridgehead atoms. The largest absolute Gasteiger partial charge is 0.478 e. The van der Waals surface area contributed by atoms with Crippen LogP contribution < -0.4 is 5.32 Å². The quantitative estimate of drug-likeness (QED) is 0.878. The van der Waals surface area contributed by atoms with Crippen molar-refractivity contribution >= 4 is 5.97 Å². The maximum absolute atomic E-state index is 13.5. The lowest BCUT2D eigenvalue weighted by Gasteiger charge is -2.28. The number of aromatic carboxylic acids is 1. The van der Waals surface area contributed by atoms with E-state index in [2.05, 4.69) is 5.32 Å². The molecule has 1 saturated heterocycles. The SMILES string of the molecule is CC1CC(NCc2ccc(C(=O)O)c(F)c2)CCO1. The standard InChI is InChI=1S/C14H18FNO3/c1-9-6-11(4-5-19-9)16-8-10-2-3-12(14(17)18)13(15)7-10/h2-3,7,9,11,16H,4-6,8H2,1H3,(H,17,18).